The maximum atomic E-state index is 12.6. The van der Waals surface area contributed by atoms with Crippen LogP contribution in [0.15, 0.2) is 46.9 Å². The van der Waals surface area contributed by atoms with Crippen LogP contribution in [0.1, 0.15) is 12.0 Å². The van der Waals surface area contributed by atoms with Crippen LogP contribution in [0, 0.1) is 0 Å². The Kier molecular flexibility index (Phi) is 8.86. The van der Waals surface area contributed by atoms with Gasteiger partial charge in [0.15, 0.2) is 9.84 Å². The summed E-state index contributed by atoms with van der Waals surface area (Å²) in [5.41, 5.74) is 0.318. The van der Waals surface area contributed by atoms with E-state index in [9.17, 15) is 18.3 Å². The van der Waals surface area contributed by atoms with Crippen LogP contribution in [0.3, 0.4) is 0 Å². The molecule has 0 bridgehead atoms. The van der Waals surface area contributed by atoms with Crippen molar-refractivity contribution >= 4 is 91.6 Å². The van der Waals surface area contributed by atoms with E-state index < -0.39 is 21.5 Å². The van der Waals surface area contributed by atoms with E-state index in [2.05, 4.69) is 5.32 Å². The number of carbonyl (C=O) groups is 1. The Morgan fingerprint density at radius 1 is 1.04 bits per heavy atom. The zero-order chi connectivity index (χ0) is 19.1. The zero-order valence-corrected chi connectivity index (χ0v) is 16.7. The van der Waals surface area contributed by atoms with Gasteiger partial charge in [0.2, 0.25) is 0 Å². The first-order valence-electron chi connectivity index (χ1n) is 7.40. The molecule has 0 aliphatic carbocycles. The second-order valence-electron chi connectivity index (χ2n) is 5.62. The molecule has 11 heteroatoms. The van der Waals surface area contributed by atoms with Gasteiger partial charge in [-0.25, -0.2) is 8.42 Å². The Bertz CT molecular complexity index is 1060. The van der Waals surface area contributed by atoms with E-state index in [1.54, 1.807) is 6.07 Å². The molecular formula is C17H15Cl3NNaO5S. The first-order chi connectivity index (χ1) is 12.2. The van der Waals surface area contributed by atoms with Crippen LogP contribution in [0.5, 0.6) is 0 Å². The van der Waals surface area contributed by atoms with E-state index in [0.29, 0.717) is 10.7 Å². The van der Waals surface area contributed by atoms with Crippen LogP contribution < -0.4 is 5.32 Å². The van der Waals surface area contributed by atoms with Crippen LogP contribution >= 0.6 is 34.8 Å². The molecule has 1 aliphatic rings. The predicted octanol–water partition coefficient (Wildman–Crippen LogP) is 3.26. The fraction of sp³-hybridized carbons (Fsp3) is 0.118. The molecule has 3 rings (SSSR count). The van der Waals surface area contributed by atoms with Gasteiger partial charge in [0, 0.05) is 16.3 Å². The second kappa shape index (κ2) is 9.82. The summed E-state index contributed by atoms with van der Waals surface area (Å²) in [7, 11) is -3.66. The second-order valence-corrected chi connectivity index (χ2v) is 8.95. The molecule has 0 fully saturated rings. The summed E-state index contributed by atoms with van der Waals surface area (Å²) >= 11 is 17.7. The monoisotopic (exact) mass is 473 g/mol. The number of nitrogens with one attached hydrogen (secondary N) is 1. The van der Waals surface area contributed by atoms with Gasteiger partial charge in [0.05, 0.1) is 26.3 Å². The molecule has 2 aromatic carbocycles. The minimum atomic E-state index is -3.66. The van der Waals surface area contributed by atoms with Crippen molar-refractivity contribution in [2.45, 2.75) is 11.3 Å². The molecule has 4 N–H and O–H groups in total. The minimum absolute atomic E-state index is 0. The van der Waals surface area contributed by atoms with Crippen LogP contribution in [0.25, 0.3) is 5.76 Å². The number of sulfone groups is 1. The zero-order valence-electron chi connectivity index (χ0n) is 13.6. The molecule has 0 radical (unpaired) electrons. The quantitative estimate of drug-likeness (QED) is 0.650. The van der Waals surface area contributed by atoms with E-state index in [1.165, 1.54) is 30.3 Å². The van der Waals surface area contributed by atoms with Gasteiger partial charge in [-0.15, -0.1) is 0 Å². The molecule has 28 heavy (non-hydrogen) atoms. The van der Waals surface area contributed by atoms with Gasteiger partial charge >= 0.3 is 29.6 Å². The summed E-state index contributed by atoms with van der Waals surface area (Å²) in [5, 5.41) is 14.0. The number of benzene rings is 2. The van der Waals surface area contributed by atoms with Crippen molar-refractivity contribution in [1.29, 1.82) is 0 Å². The standard InChI is InChI=1S/C17H12Cl3NO4S.Na.H2O.H/c18-9-1-4-15-12(7-9)16(22)11(5-6-26(15,24)25)17(23)21-10-2-3-13(19)14(20)8-10;;;/h1-4,7-8,22H,5-6H2,(H,21,23);;1H2;. The van der Waals surface area contributed by atoms with Crippen molar-refractivity contribution in [3.8, 4) is 0 Å². The number of rotatable bonds is 2. The van der Waals surface area contributed by atoms with Gasteiger partial charge in [0.25, 0.3) is 5.91 Å². The third-order valence-electron chi connectivity index (χ3n) is 3.89. The Labute approximate surface area is 199 Å². The van der Waals surface area contributed by atoms with Gasteiger partial charge in [-0.3, -0.25) is 4.79 Å². The van der Waals surface area contributed by atoms with E-state index in [4.69, 9.17) is 34.8 Å². The van der Waals surface area contributed by atoms with Crippen molar-refractivity contribution in [3.63, 3.8) is 0 Å². The van der Waals surface area contributed by atoms with Gasteiger partial charge in [-0.1, -0.05) is 34.8 Å². The van der Waals surface area contributed by atoms with Gasteiger partial charge in [-0.05, 0) is 42.8 Å². The Morgan fingerprint density at radius 3 is 2.36 bits per heavy atom. The number of aliphatic hydroxyl groups is 1. The fourth-order valence-corrected chi connectivity index (χ4v) is 4.52. The van der Waals surface area contributed by atoms with Crippen LogP contribution in [-0.2, 0) is 14.6 Å². The van der Waals surface area contributed by atoms with E-state index >= 15 is 0 Å². The molecule has 146 valence electrons. The molecule has 0 atom stereocenters. The maximum absolute atomic E-state index is 12.6. The third-order valence-corrected chi connectivity index (χ3v) is 6.63. The molecule has 0 spiro atoms. The molecular weight excluding hydrogens is 460 g/mol. The molecule has 0 unspecified atom stereocenters. The van der Waals surface area contributed by atoms with Crippen molar-refractivity contribution < 1.29 is 23.8 Å². The first-order valence-corrected chi connectivity index (χ1v) is 10.2. The van der Waals surface area contributed by atoms with E-state index in [1.807, 2.05) is 0 Å². The Balaban J connectivity index is 0.00000196. The summed E-state index contributed by atoms with van der Waals surface area (Å²) < 4.78 is 24.8. The SMILES string of the molecule is O.O=C(Nc1ccc(Cl)c(Cl)c1)C1=C(O)c2cc(Cl)ccc2S(=O)(=O)CC1.[NaH]. The Hall–Kier alpha value is -0.770. The molecule has 1 aliphatic heterocycles. The number of anilines is 1. The third kappa shape index (κ3) is 5.23. The summed E-state index contributed by atoms with van der Waals surface area (Å²) in [5.74, 6) is -1.36. The number of aliphatic hydroxyl groups excluding tert-OH is 1. The number of hydrogen-bond donors (Lipinski definition) is 2. The summed E-state index contributed by atoms with van der Waals surface area (Å²) in [4.78, 5) is 12.5. The molecule has 0 saturated carbocycles. The van der Waals surface area contributed by atoms with E-state index in [0.717, 1.165) is 0 Å². The van der Waals surface area contributed by atoms with Crippen LogP contribution in [-0.4, -0.2) is 60.2 Å². The van der Waals surface area contributed by atoms with Crippen molar-refractivity contribution in [3.05, 3.63) is 62.6 Å². The summed E-state index contributed by atoms with van der Waals surface area (Å²) in [6.07, 6.45) is -0.145. The summed E-state index contributed by atoms with van der Waals surface area (Å²) in [6.45, 7) is 0. The number of amides is 1. The number of halogens is 3. The average Bonchev–Trinajstić information content (AvgIpc) is 2.66. The van der Waals surface area contributed by atoms with Gasteiger partial charge in [0.1, 0.15) is 5.76 Å². The molecule has 1 heterocycles. The first kappa shape index (κ1) is 25.3. The topological polar surface area (TPSA) is 115 Å². The number of fused-ring (bicyclic) bond motifs is 1. The Morgan fingerprint density at radius 2 is 1.71 bits per heavy atom. The van der Waals surface area contributed by atoms with Crippen molar-refractivity contribution in [2.75, 3.05) is 11.1 Å². The van der Waals surface area contributed by atoms with E-state index in [-0.39, 0.29) is 73.3 Å². The van der Waals surface area contributed by atoms with Crippen molar-refractivity contribution in [2.24, 2.45) is 0 Å². The van der Waals surface area contributed by atoms with Gasteiger partial charge in [-0.2, -0.15) is 0 Å². The number of carbonyl (C=O) groups excluding carboxylic acids is 1. The molecule has 2 aromatic rings. The van der Waals surface area contributed by atoms with Crippen LogP contribution in [0.2, 0.25) is 15.1 Å². The summed E-state index contributed by atoms with van der Waals surface area (Å²) in [6, 6.07) is 8.58. The van der Waals surface area contributed by atoms with Gasteiger partial charge < -0.3 is 15.9 Å². The predicted molar refractivity (Wildman–Crippen MR) is 114 cm³/mol. The van der Waals surface area contributed by atoms with Crippen molar-refractivity contribution in [1.82, 2.24) is 0 Å². The molecule has 1 amide bonds. The normalized spacial score (nSPS) is 14.8. The average molecular weight is 475 g/mol. The molecule has 0 saturated heterocycles. The van der Waals surface area contributed by atoms with Crippen LogP contribution in [0.4, 0.5) is 5.69 Å². The number of hydrogen-bond acceptors (Lipinski definition) is 4. The molecule has 0 aromatic heterocycles. The fourth-order valence-electron chi connectivity index (χ4n) is 2.59. The molecule has 6 nitrogen and oxygen atoms in total.